The zero-order chi connectivity index (χ0) is 24.7. The Hall–Kier alpha value is -3.62. The monoisotopic (exact) mass is 476 g/mol. The van der Waals surface area contributed by atoms with Crippen LogP contribution in [-0.4, -0.2) is 64.8 Å². The largest absolute Gasteiger partial charge is 0.496 e. The van der Waals surface area contributed by atoms with Crippen molar-refractivity contribution in [2.45, 2.75) is 45.1 Å². The van der Waals surface area contributed by atoms with E-state index < -0.39 is 5.60 Å². The Morgan fingerprint density at radius 3 is 2.49 bits per heavy atom. The number of anilines is 2. The fraction of sp³-hybridized carbons (Fsp3) is 0.462. The molecular formula is C26H32N6O3. The quantitative estimate of drug-likeness (QED) is 0.597. The molecule has 1 amide bonds. The molecule has 1 saturated carbocycles. The van der Waals surface area contributed by atoms with Crippen LogP contribution in [0.15, 0.2) is 30.6 Å². The molecule has 1 aliphatic heterocycles. The van der Waals surface area contributed by atoms with Crippen LogP contribution < -0.4 is 15.4 Å². The maximum atomic E-state index is 12.5. The first kappa shape index (κ1) is 23.1. The molecule has 1 aromatic carbocycles. The second-order valence-electron chi connectivity index (χ2n) is 10.2. The maximum absolute atomic E-state index is 12.5. The van der Waals surface area contributed by atoms with Gasteiger partial charge >= 0.3 is 6.09 Å². The number of aromatic nitrogens is 3. The lowest BCUT2D eigenvalue weighted by Crippen LogP contribution is -2.50. The number of benzene rings is 1. The van der Waals surface area contributed by atoms with Crippen LogP contribution >= 0.6 is 0 Å². The molecule has 2 N–H and O–H groups in total. The molecule has 3 heterocycles. The van der Waals surface area contributed by atoms with Crippen molar-refractivity contribution in [3.8, 4) is 17.0 Å². The van der Waals surface area contributed by atoms with Gasteiger partial charge in [-0.25, -0.2) is 19.7 Å². The lowest BCUT2D eigenvalue weighted by molar-refractivity contribution is 0.0240. The standard InChI is InChI=1S/C26H32N6O3/c1-26(2,3)35-25(33)32-11-9-31(10-12-32)24-18-14-21(34-4)19(13-20(18)28-15-29-24)23-17(16-5-6-16)7-8-22(27)30-23/h7-8,13-16H,5-6,9-12H2,1-4H3,(H2,27,30). The molecular weight excluding hydrogens is 444 g/mol. The second-order valence-corrected chi connectivity index (χ2v) is 10.2. The van der Waals surface area contributed by atoms with E-state index in [0.29, 0.717) is 43.7 Å². The number of nitrogens with zero attached hydrogens (tertiary/aromatic N) is 5. The van der Waals surface area contributed by atoms with Gasteiger partial charge in [-0.1, -0.05) is 6.07 Å². The van der Waals surface area contributed by atoms with Gasteiger partial charge in [-0.2, -0.15) is 0 Å². The van der Waals surface area contributed by atoms with Gasteiger partial charge in [0.15, 0.2) is 0 Å². The molecule has 0 bridgehead atoms. The second kappa shape index (κ2) is 8.87. The van der Waals surface area contributed by atoms with E-state index in [1.165, 1.54) is 5.56 Å². The summed E-state index contributed by atoms with van der Waals surface area (Å²) in [7, 11) is 1.66. The molecule has 35 heavy (non-hydrogen) atoms. The number of amides is 1. The smallest absolute Gasteiger partial charge is 0.410 e. The minimum absolute atomic E-state index is 0.280. The van der Waals surface area contributed by atoms with Crippen LogP contribution in [0.5, 0.6) is 5.75 Å². The van der Waals surface area contributed by atoms with E-state index in [1.54, 1.807) is 18.3 Å². The number of methoxy groups -OCH3 is 1. The van der Waals surface area contributed by atoms with Gasteiger partial charge < -0.3 is 25.0 Å². The van der Waals surface area contributed by atoms with Gasteiger partial charge in [0.05, 0.1) is 18.3 Å². The third-order valence-corrected chi connectivity index (χ3v) is 6.39. The van der Waals surface area contributed by atoms with Gasteiger partial charge in [0.2, 0.25) is 0 Å². The predicted molar refractivity (Wildman–Crippen MR) is 136 cm³/mol. The SMILES string of the molecule is COc1cc2c(N3CCN(C(=O)OC(C)(C)C)CC3)ncnc2cc1-c1nc(N)ccc1C1CC1. The number of hydrogen-bond acceptors (Lipinski definition) is 8. The van der Waals surface area contributed by atoms with Gasteiger partial charge in [0.1, 0.15) is 29.3 Å². The van der Waals surface area contributed by atoms with E-state index in [-0.39, 0.29) is 6.09 Å². The summed E-state index contributed by atoms with van der Waals surface area (Å²) in [5.41, 5.74) is 9.30. The zero-order valence-electron chi connectivity index (χ0n) is 20.7. The molecule has 2 aliphatic rings. The summed E-state index contributed by atoms with van der Waals surface area (Å²) in [4.78, 5) is 30.2. The van der Waals surface area contributed by atoms with Crippen LogP contribution in [0, 0.1) is 0 Å². The minimum Gasteiger partial charge on any atom is -0.496 e. The summed E-state index contributed by atoms with van der Waals surface area (Å²) in [6.45, 7) is 8.06. The van der Waals surface area contributed by atoms with Gasteiger partial charge in [0.25, 0.3) is 0 Å². The highest BCUT2D eigenvalue weighted by Gasteiger charge is 2.30. The van der Waals surface area contributed by atoms with E-state index in [4.69, 9.17) is 15.2 Å². The first-order chi connectivity index (χ1) is 16.7. The molecule has 9 heteroatoms. The molecule has 2 aromatic heterocycles. The third-order valence-electron chi connectivity index (χ3n) is 6.39. The Morgan fingerprint density at radius 2 is 1.83 bits per heavy atom. The van der Waals surface area contributed by atoms with Crippen LogP contribution in [0.1, 0.15) is 45.1 Å². The Kier molecular flexibility index (Phi) is 5.86. The average molecular weight is 477 g/mol. The van der Waals surface area contributed by atoms with Crippen molar-refractivity contribution < 1.29 is 14.3 Å². The molecule has 0 atom stereocenters. The number of nitrogens with two attached hydrogens (primary N) is 1. The fourth-order valence-corrected chi connectivity index (χ4v) is 4.53. The summed E-state index contributed by atoms with van der Waals surface area (Å²) in [6, 6.07) is 7.95. The van der Waals surface area contributed by atoms with E-state index in [9.17, 15) is 4.79 Å². The maximum Gasteiger partial charge on any atom is 0.410 e. The summed E-state index contributed by atoms with van der Waals surface area (Å²) >= 11 is 0. The molecule has 0 unspecified atom stereocenters. The number of nitrogen functional groups attached to an aromatic ring is 1. The number of fused-ring (bicyclic) bond motifs is 1. The predicted octanol–water partition coefficient (Wildman–Crippen LogP) is 4.22. The Labute approximate surface area is 205 Å². The normalized spacial score (nSPS) is 16.5. The summed E-state index contributed by atoms with van der Waals surface area (Å²) in [5.74, 6) is 2.53. The number of carbonyl (C=O) groups is 1. The first-order valence-electron chi connectivity index (χ1n) is 12.1. The Bertz CT molecular complexity index is 1260. The van der Waals surface area contributed by atoms with Gasteiger partial charge in [-0.3, -0.25) is 0 Å². The lowest BCUT2D eigenvalue weighted by Gasteiger charge is -2.36. The molecule has 3 aromatic rings. The minimum atomic E-state index is -0.511. The van der Waals surface area contributed by atoms with Crippen molar-refractivity contribution in [1.29, 1.82) is 0 Å². The number of ether oxygens (including phenoxy) is 2. The molecule has 184 valence electrons. The average Bonchev–Trinajstić information content (AvgIpc) is 3.67. The summed E-state index contributed by atoms with van der Waals surface area (Å²) in [5, 5.41) is 0.899. The fourth-order valence-electron chi connectivity index (χ4n) is 4.53. The highest BCUT2D eigenvalue weighted by molar-refractivity contribution is 5.95. The van der Waals surface area contributed by atoms with Crippen molar-refractivity contribution in [3.63, 3.8) is 0 Å². The number of carbonyl (C=O) groups excluding carboxylic acids is 1. The van der Waals surface area contributed by atoms with E-state index in [0.717, 1.165) is 40.8 Å². The van der Waals surface area contributed by atoms with Crippen LogP contribution in [-0.2, 0) is 4.74 Å². The van der Waals surface area contributed by atoms with Crippen molar-refractivity contribution in [2.75, 3.05) is 43.9 Å². The zero-order valence-corrected chi connectivity index (χ0v) is 20.7. The molecule has 2 fully saturated rings. The lowest BCUT2D eigenvalue weighted by atomic mass is 9.99. The number of rotatable bonds is 4. The Balaban J connectivity index is 1.46. The van der Waals surface area contributed by atoms with Gasteiger partial charge in [0, 0.05) is 37.1 Å². The van der Waals surface area contributed by atoms with E-state index in [1.807, 2.05) is 39.0 Å². The van der Waals surface area contributed by atoms with E-state index in [2.05, 4.69) is 25.9 Å². The molecule has 0 radical (unpaired) electrons. The molecule has 5 rings (SSSR count). The molecule has 1 saturated heterocycles. The summed E-state index contributed by atoms with van der Waals surface area (Å²) < 4.78 is 11.3. The molecule has 0 spiro atoms. The van der Waals surface area contributed by atoms with Gasteiger partial charge in [-0.05, 0) is 63.3 Å². The van der Waals surface area contributed by atoms with Crippen LogP contribution in [0.4, 0.5) is 16.4 Å². The topological polar surface area (TPSA) is 107 Å². The van der Waals surface area contributed by atoms with Crippen LogP contribution in [0.25, 0.3) is 22.2 Å². The third kappa shape index (κ3) is 4.80. The first-order valence-corrected chi connectivity index (χ1v) is 12.1. The molecule has 1 aliphatic carbocycles. The molecule has 9 nitrogen and oxygen atoms in total. The van der Waals surface area contributed by atoms with Crippen molar-refractivity contribution in [2.24, 2.45) is 0 Å². The van der Waals surface area contributed by atoms with Crippen molar-refractivity contribution in [1.82, 2.24) is 19.9 Å². The number of hydrogen-bond donors (Lipinski definition) is 1. The van der Waals surface area contributed by atoms with Crippen LogP contribution in [0.3, 0.4) is 0 Å². The van der Waals surface area contributed by atoms with Crippen molar-refractivity contribution in [3.05, 3.63) is 36.2 Å². The highest BCUT2D eigenvalue weighted by Crippen LogP contribution is 2.46. The van der Waals surface area contributed by atoms with Crippen LogP contribution in [0.2, 0.25) is 0 Å². The van der Waals surface area contributed by atoms with Crippen molar-refractivity contribution >= 4 is 28.6 Å². The highest BCUT2D eigenvalue weighted by atomic mass is 16.6. The van der Waals surface area contributed by atoms with E-state index >= 15 is 0 Å². The number of pyridine rings is 1. The van der Waals surface area contributed by atoms with Gasteiger partial charge in [-0.15, -0.1) is 0 Å². The number of piperazine rings is 1. The Morgan fingerprint density at radius 1 is 1.09 bits per heavy atom. The summed E-state index contributed by atoms with van der Waals surface area (Å²) in [6.07, 6.45) is 3.63.